The third-order valence-electron chi connectivity index (χ3n) is 4.30. The fourth-order valence-corrected chi connectivity index (χ4v) is 3.15. The zero-order valence-electron chi connectivity index (χ0n) is 13.8. The van der Waals surface area contributed by atoms with Gasteiger partial charge in [-0.1, -0.05) is 6.07 Å². The molecule has 5 nitrogen and oxygen atoms in total. The van der Waals surface area contributed by atoms with Gasteiger partial charge in [0.05, 0.1) is 0 Å². The normalized spacial score (nSPS) is 14.7. The van der Waals surface area contributed by atoms with Crippen molar-refractivity contribution in [1.82, 2.24) is 0 Å². The van der Waals surface area contributed by atoms with Crippen LogP contribution in [-0.4, -0.2) is 36.8 Å². The standard InChI is InChI=1S/C19H21FN2O3/c20-13-6-8-15(9-7-13)25-12-14(23)11-22-10-2-4-16-17(19(21)24)3-1-5-18(16)22/h1,3,5-9,14,23H,2,4,10-12H2,(H2,21,24). The molecule has 1 unspecified atom stereocenters. The summed E-state index contributed by atoms with van der Waals surface area (Å²) in [5.74, 6) is -0.252. The molecule has 0 fully saturated rings. The average Bonchev–Trinajstić information content (AvgIpc) is 2.61. The molecule has 1 heterocycles. The molecule has 2 aromatic rings. The maximum Gasteiger partial charge on any atom is 0.249 e. The molecule has 6 heteroatoms. The van der Waals surface area contributed by atoms with Crippen LogP contribution in [-0.2, 0) is 6.42 Å². The van der Waals surface area contributed by atoms with E-state index in [9.17, 15) is 14.3 Å². The highest BCUT2D eigenvalue weighted by Crippen LogP contribution is 2.29. The summed E-state index contributed by atoms with van der Waals surface area (Å²) in [5, 5.41) is 10.3. The van der Waals surface area contributed by atoms with Crippen LogP contribution in [0, 0.1) is 5.82 Å². The molecule has 0 aliphatic carbocycles. The first-order chi connectivity index (χ1) is 12.0. The Morgan fingerprint density at radius 1 is 1.28 bits per heavy atom. The van der Waals surface area contributed by atoms with Crippen molar-refractivity contribution < 1.29 is 19.0 Å². The fourth-order valence-electron chi connectivity index (χ4n) is 3.15. The minimum atomic E-state index is -0.715. The summed E-state index contributed by atoms with van der Waals surface area (Å²) in [6.07, 6.45) is 0.976. The molecule has 2 aromatic carbocycles. The maximum atomic E-state index is 12.9. The molecule has 1 atom stereocenters. The largest absolute Gasteiger partial charge is 0.491 e. The first-order valence-electron chi connectivity index (χ1n) is 8.27. The van der Waals surface area contributed by atoms with Crippen LogP contribution < -0.4 is 15.4 Å². The lowest BCUT2D eigenvalue weighted by atomic mass is 9.95. The number of rotatable bonds is 6. The van der Waals surface area contributed by atoms with Crippen molar-refractivity contribution in [2.24, 2.45) is 5.73 Å². The van der Waals surface area contributed by atoms with E-state index in [1.807, 2.05) is 11.0 Å². The van der Waals surface area contributed by atoms with Crippen LogP contribution in [0.3, 0.4) is 0 Å². The molecule has 1 aliphatic rings. The molecule has 0 saturated carbocycles. The predicted octanol–water partition coefficient (Wildman–Crippen LogP) is 2.12. The highest BCUT2D eigenvalue weighted by Gasteiger charge is 2.23. The van der Waals surface area contributed by atoms with Crippen LogP contribution in [0.15, 0.2) is 42.5 Å². The number of hydrogen-bond donors (Lipinski definition) is 2. The number of anilines is 1. The SMILES string of the molecule is NC(=O)c1cccc2c1CCCN2CC(O)COc1ccc(F)cc1. The topological polar surface area (TPSA) is 75.8 Å². The second-order valence-electron chi connectivity index (χ2n) is 6.14. The molecule has 132 valence electrons. The van der Waals surface area contributed by atoms with Crippen molar-refractivity contribution in [2.45, 2.75) is 18.9 Å². The second kappa shape index (κ2) is 7.53. The zero-order chi connectivity index (χ0) is 17.8. The highest BCUT2D eigenvalue weighted by atomic mass is 19.1. The Morgan fingerprint density at radius 2 is 2.04 bits per heavy atom. The van der Waals surface area contributed by atoms with Gasteiger partial charge >= 0.3 is 0 Å². The molecule has 25 heavy (non-hydrogen) atoms. The van der Waals surface area contributed by atoms with Gasteiger partial charge in [0.2, 0.25) is 5.91 Å². The average molecular weight is 344 g/mol. The van der Waals surface area contributed by atoms with Gasteiger partial charge in [0, 0.05) is 24.3 Å². The van der Waals surface area contributed by atoms with E-state index in [1.54, 1.807) is 12.1 Å². The summed E-state index contributed by atoms with van der Waals surface area (Å²) in [7, 11) is 0. The minimum absolute atomic E-state index is 0.104. The Bertz CT molecular complexity index is 749. The highest BCUT2D eigenvalue weighted by molar-refractivity contribution is 5.96. The summed E-state index contributed by atoms with van der Waals surface area (Å²) in [5.41, 5.74) is 7.87. The van der Waals surface area contributed by atoms with E-state index in [0.717, 1.165) is 30.6 Å². The lowest BCUT2D eigenvalue weighted by Gasteiger charge is -2.33. The zero-order valence-corrected chi connectivity index (χ0v) is 13.8. The summed E-state index contributed by atoms with van der Waals surface area (Å²) < 4.78 is 18.4. The van der Waals surface area contributed by atoms with Crippen molar-refractivity contribution in [3.63, 3.8) is 0 Å². The van der Waals surface area contributed by atoms with E-state index in [-0.39, 0.29) is 12.4 Å². The molecule has 0 bridgehead atoms. The van der Waals surface area contributed by atoms with Crippen LogP contribution >= 0.6 is 0 Å². The number of benzene rings is 2. The number of β-amino-alcohol motifs (C(OH)–C–C–N with tert-alkyl or cyclic N) is 1. The van der Waals surface area contributed by atoms with E-state index in [2.05, 4.69) is 0 Å². The van der Waals surface area contributed by atoms with Crippen molar-refractivity contribution >= 4 is 11.6 Å². The van der Waals surface area contributed by atoms with Gasteiger partial charge in [0.25, 0.3) is 0 Å². The van der Waals surface area contributed by atoms with Crippen LogP contribution in [0.2, 0.25) is 0 Å². The van der Waals surface area contributed by atoms with E-state index in [4.69, 9.17) is 10.5 Å². The predicted molar refractivity (Wildman–Crippen MR) is 93.4 cm³/mol. The maximum absolute atomic E-state index is 12.9. The van der Waals surface area contributed by atoms with E-state index in [0.29, 0.717) is 17.9 Å². The summed E-state index contributed by atoms with van der Waals surface area (Å²) in [4.78, 5) is 13.6. The van der Waals surface area contributed by atoms with E-state index >= 15 is 0 Å². The Hall–Kier alpha value is -2.60. The monoisotopic (exact) mass is 344 g/mol. The van der Waals surface area contributed by atoms with Gasteiger partial charge in [-0.25, -0.2) is 4.39 Å². The Morgan fingerprint density at radius 3 is 2.76 bits per heavy atom. The number of fused-ring (bicyclic) bond motifs is 1. The van der Waals surface area contributed by atoms with Crippen molar-refractivity contribution in [1.29, 1.82) is 0 Å². The number of halogens is 1. The van der Waals surface area contributed by atoms with E-state index < -0.39 is 12.0 Å². The number of aliphatic hydroxyl groups is 1. The lowest BCUT2D eigenvalue weighted by Crippen LogP contribution is -2.39. The Labute approximate surface area is 145 Å². The number of carbonyl (C=O) groups excluding carboxylic acids is 1. The number of amides is 1. The van der Waals surface area contributed by atoms with Crippen molar-refractivity contribution in [3.8, 4) is 5.75 Å². The molecular formula is C19H21FN2O3. The third-order valence-corrected chi connectivity index (χ3v) is 4.30. The van der Waals surface area contributed by atoms with Crippen LogP contribution in [0.25, 0.3) is 0 Å². The summed E-state index contributed by atoms with van der Waals surface area (Å²) in [6, 6.07) is 11.2. The number of aliphatic hydroxyl groups excluding tert-OH is 1. The number of nitrogens with zero attached hydrogens (tertiary/aromatic N) is 1. The number of primary amides is 1. The Balaban J connectivity index is 1.65. The summed E-state index contributed by atoms with van der Waals surface area (Å²) in [6.45, 7) is 1.28. The Kier molecular flexibility index (Phi) is 5.19. The van der Waals surface area contributed by atoms with E-state index in [1.165, 1.54) is 24.3 Å². The van der Waals surface area contributed by atoms with Gasteiger partial charge in [-0.3, -0.25) is 4.79 Å². The molecule has 3 N–H and O–H groups in total. The third kappa shape index (κ3) is 4.09. The molecular weight excluding hydrogens is 323 g/mol. The summed E-state index contributed by atoms with van der Waals surface area (Å²) >= 11 is 0. The lowest BCUT2D eigenvalue weighted by molar-refractivity contribution is 0.0999. The number of carbonyl (C=O) groups is 1. The van der Waals surface area contributed by atoms with Crippen molar-refractivity contribution in [2.75, 3.05) is 24.6 Å². The number of ether oxygens (including phenoxy) is 1. The van der Waals surface area contributed by atoms with Gasteiger partial charge in [-0.05, 0) is 54.8 Å². The van der Waals surface area contributed by atoms with Crippen LogP contribution in [0.5, 0.6) is 5.75 Å². The molecule has 0 saturated heterocycles. The quantitative estimate of drug-likeness (QED) is 0.842. The second-order valence-corrected chi connectivity index (χ2v) is 6.14. The van der Waals surface area contributed by atoms with Gasteiger partial charge < -0.3 is 20.5 Å². The minimum Gasteiger partial charge on any atom is -0.491 e. The van der Waals surface area contributed by atoms with Gasteiger partial charge in [0.15, 0.2) is 0 Å². The number of hydrogen-bond acceptors (Lipinski definition) is 4. The molecule has 1 amide bonds. The first-order valence-corrected chi connectivity index (χ1v) is 8.27. The molecule has 0 radical (unpaired) electrons. The molecule has 0 spiro atoms. The van der Waals surface area contributed by atoms with Crippen molar-refractivity contribution in [3.05, 3.63) is 59.4 Å². The molecule has 0 aromatic heterocycles. The number of nitrogens with two attached hydrogens (primary N) is 1. The fraction of sp³-hybridized carbons (Fsp3) is 0.316. The smallest absolute Gasteiger partial charge is 0.249 e. The first kappa shape index (κ1) is 17.2. The van der Waals surface area contributed by atoms with Gasteiger partial charge in [0.1, 0.15) is 24.3 Å². The van der Waals surface area contributed by atoms with Gasteiger partial charge in [-0.15, -0.1) is 0 Å². The molecule has 1 aliphatic heterocycles. The molecule has 3 rings (SSSR count). The van der Waals surface area contributed by atoms with Crippen LogP contribution in [0.1, 0.15) is 22.3 Å². The van der Waals surface area contributed by atoms with Gasteiger partial charge in [-0.2, -0.15) is 0 Å². The van der Waals surface area contributed by atoms with Crippen LogP contribution in [0.4, 0.5) is 10.1 Å².